The monoisotopic (exact) mass is 492 g/mol. The van der Waals surface area contributed by atoms with Crippen LogP contribution in [0, 0.1) is 0 Å². The molecule has 0 heterocycles. The third-order valence-corrected chi connectivity index (χ3v) is 4.39. The number of amides is 2. The molecular formula is C23H44N2O9. The van der Waals surface area contributed by atoms with Gasteiger partial charge in [0.1, 0.15) is 0 Å². The number of nitrogens with one attached hydrogen (secondary N) is 2. The van der Waals surface area contributed by atoms with Crippen molar-refractivity contribution in [2.75, 3.05) is 86.3 Å². The van der Waals surface area contributed by atoms with E-state index in [0.29, 0.717) is 85.5 Å². The fraction of sp³-hybridized carbons (Fsp3) is 0.870. The van der Waals surface area contributed by atoms with Crippen molar-refractivity contribution < 1.29 is 42.8 Å². The van der Waals surface area contributed by atoms with E-state index >= 15 is 0 Å². The molecule has 0 aromatic rings. The molecule has 0 saturated carbocycles. The molecule has 0 fully saturated rings. The van der Waals surface area contributed by atoms with Crippen molar-refractivity contribution in [3.63, 3.8) is 0 Å². The standard InChI is InChI=1S/C23H44N2O9/c1-3-4-9-24-21(26)6-5-11-30-13-15-32-17-19-34-20-18-33-16-14-31-12-10-25-22(27)7-8-23(28)29-2/h3-20H2,1-2H3,(H,24,26)(H,25,27). The maximum absolute atomic E-state index is 11.5. The number of rotatable bonds is 25. The first kappa shape index (κ1) is 32.2. The highest BCUT2D eigenvalue weighted by Gasteiger charge is 2.05. The summed E-state index contributed by atoms with van der Waals surface area (Å²) in [6, 6.07) is 0. The SMILES string of the molecule is CCCCNC(=O)CCCOCCOCCOCCOCCOCCNC(=O)CCC(=O)OC. The van der Waals surface area contributed by atoms with Gasteiger partial charge in [0.25, 0.3) is 0 Å². The molecule has 0 radical (unpaired) electrons. The van der Waals surface area contributed by atoms with Crippen LogP contribution in [0.2, 0.25) is 0 Å². The van der Waals surface area contributed by atoms with Crippen LogP contribution >= 0.6 is 0 Å². The highest BCUT2D eigenvalue weighted by atomic mass is 16.6. The molecule has 0 atom stereocenters. The molecule has 0 aliphatic rings. The Morgan fingerprint density at radius 3 is 1.56 bits per heavy atom. The van der Waals surface area contributed by atoms with Gasteiger partial charge in [-0.15, -0.1) is 0 Å². The molecule has 0 aromatic heterocycles. The van der Waals surface area contributed by atoms with Crippen molar-refractivity contribution in [3.8, 4) is 0 Å². The summed E-state index contributed by atoms with van der Waals surface area (Å²) in [6.07, 6.45) is 3.46. The first-order valence-corrected chi connectivity index (χ1v) is 12.1. The number of ether oxygens (including phenoxy) is 6. The van der Waals surface area contributed by atoms with Crippen molar-refractivity contribution in [3.05, 3.63) is 0 Å². The van der Waals surface area contributed by atoms with Crippen LogP contribution in [0.15, 0.2) is 0 Å². The molecule has 0 aliphatic carbocycles. The predicted octanol–water partition coefficient (Wildman–Crippen LogP) is 0.835. The van der Waals surface area contributed by atoms with Crippen molar-refractivity contribution in [2.24, 2.45) is 0 Å². The van der Waals surface area contributed by atoms with Crippen LogP contribution in [0.4, 0.5) is 0 Å². The Labute approximate surface area is 203 Å². The third-order valence-electron chi connectivity index (χ3n) is 4.39. The zero-order valence-electron chi connectivity index (χ0n) is 20.9. The average Bonchev–Trinajstić information content (AvgIpc) is 2.84. The van der Waals surface area contributed by atoms with Crippen LogP contribution in [0.1, 0.15) is 45.4 Å². The van der Waals surface area contributed by atoms with E-state index in [1.807, 2.05) is 0 Å². The molecule has 200 valence electrons. The highest BCUT2D eigenvalue weighted by molar-refractivity contribution is 5.81. The van der Waals surface area contributed by atoms with Gasteiger partial charge < -0.3 is 39.1 Å². The van der Waals surface area contributed by atoms with E-state index in [0.717, 1.165) is 19.4 Å². The number of unbranched alkanes of at least 4 members (excludes halogenated alkanes) is 1. The van der Waals surface area contributed by atoms with Crippen molar-refractivity contribution in [1.82, 2.24) is 10.6 Å². The van der Waals surface area contributed by atoms with E-state index in [4.69, 9.17) is 23.7 Å². The van der Waals surface area contributed by atoms with Gasteiger partial charge in [-0.05, 0) is 12.8 Å². The summed E-state index contributed by atoms with van der Waals surface area (Å²) in [5, 5.41) is 5.54. The summed E-state index contributed by atoms with van der Waals surface area (Å²) in [4.78, 5) is 33.9. The first-order chi connectivity index (χ1) is 16.6. The molecular weight excluding hydrogens is 448 g/mol. The van der Waals surface area contributed by atoms with E-state index in [1.165, 1.54) is 7.11 Å². The fourth-order valence-corrected chi connectivity index (χ4v) is 2.48. The minimum atomic E-state index is -0.405. The van der Waals surface area contributed by atoms with Gasteiger partial charge in [0.15, 0.2) is 0 Å². The second-order valence-corrected chi connectivity index (χ2v) is 7.30. The minimum Gasteiger partial charge on any atom is -0.469 e. The molecule has 0 rings (SSSR count). The summed E-state index contributed by atoms with van der Waals surface area (Å²) in [7, 11) is 1.29. The lowest BCUT2D eigenvalue weighted by molar-refractivity contribution is -0.142. The number of methoxy groups -OCH3 is 1. The summed E-state index contributed by atoms with van der Waals surface area (Å²) in [5.74, 6) is -0.534. The Kier molecular flexibility index (Phi) is 24.5. The van der Waals surface area contributed by atoms with E-state index in [-0.39, 0.29) is 24.7 Å². The second-order valence-electron chi connectivity index (χ2n) is 7.30. The molecule has 0 spiro atoms. The fourth-order valence-electron chi connectivity index (χ4n) is 2.48. The summed E-state index contributed by atoms with van der Waals surface area (Å²) >= 11 is 0. The molecule has 0 unspecified atom stereocenters. The number of hydrogen-bond donors (Lipinski definition) is 2. The summed E-state index contributed by atoms with van der Waals surface area (Å²) < 4.78 is 31.5. The Balaban J connectivity index is 3.17. The van der Waals surface area contributed by atoms with E-state index in [1.54, 1.807) is 0 Å². The first-order valence-electron chi connectivity index (χ1n) is 12.1. The maximum atomic E-state index is 11.5. The smallest absolute Gasteiger partial charge is 0.306 e. The minimum absolute atomic E-state index is 0.0707. The Hall–Kier alpha value is -1.79. The molecule has 2 N–H and O–H groups in total. The Bertz CT molecular complexity index is 507. The largest absolute Gasteiger partial charge is 0.469 e. The normalized spacial score (nSPS) is 10.8. The Morgan fingerprint density at radius 2 is 1.03 bits per heavy atom. The lowest BCUT2D eigenvalue weighted by Gasteiger charge is -2.08. The van der Waals surface area contributed by atoms with E-state index in [2.05, 4.69) is 22.3 Å². The van der Waals surface area contributed by atoms with Gasteiger partial charge in [-0.3, -0.25) is 14.4 Å². The van der Waals surface area contributed by atoms with E-state index < -0.39 is 5.97 Å². The van der Waals surface area contributed by atoms with Crippen LogP contribution in [0.3, 0.4) is 0 Å². The van der Waals surface area contributed by atoms with Crippen LogP contribution < -0.4 is 10.6 Å². The second kappa shape index (κ2) is 25.8. The van der Waals surface area contributed by atoms with Gasteiger partial charge in [0.05, 0.1) is 73.0 Å². The van der Waals surface area contributed by atoms with Gasteiger partial charge in [-0.2, -0.15) is 0 Å². The number of hydrogen-bond acceptors (Lipinski definition) is 9. The van der Waals surface area contributed by atoms with Crippen LogP contribution in [0.5, 0.6) is 0 Å². The topological polar surface area (TPSA) is 131 Å². The van der Waals surface area contributed by atoms with Gasteiger partial charge in [0, 0.05) is 32.5 Å². The molecule has 2 amide bonds. The number of carbonyl (C=O) groups excluding carboxylic acids is 3. The molecule has 0 aliphatic heterocycles. The number of carbonyl (C=O) groups is 3. The molecule has 11 heteroatoms. The zero-order chi connectivity index (χ0) is 25.1. The third kappa shape index (κ3) is 24.8. The predicted molar refractivity (Wildman–Crippen MR) is 126 cm³/mol. The van der Waals surface area contributed by atoms with Crippen LogP contribution in [0.25, 0.3) is 0 Å². The summed E-state index contributed by atoms with van der Waals surface area (Å²) in [6.45, 7) is 7.89. The lowest BCUT2D eigenvalue weighted by Crippen LogP contribution is -2.28. The molecule has 11 nitrogen and oxygen atoms in total. The molecule has 0 aromatic carbocycles. The van der Waals surface area contributed by atoms with Gasteiger partial charge >= 0.3 is 5.97 Å². The van der Waals surface area contributed by atoms with Crippen LogP contribution in [-0.4, -0.2) is 104 Å². The molecule has 34 heavy (non-hydrogen) atoms. The van der Waals surface area contributed by atoms with Crippen LogP contribution in [-0.2, 0) is 42.8 Å². The summed E-state index contributed by atoms with van der Waals surface area (Å²) in [5.41, 5.74) is 0. The van der Waals surface area contributed by atoms with Gasteiger partial charge in [-0.1, -0.05) is 13.3 Å². The quantitative estimate of drug-likeness (QED) is 0.141. The zero-order valence-corrected chi connectivity index (χ0v) is 20.9. The van der Waals surface area contributed by atoms with Crippen molar-refractivity contribution in [1.29, 1.82) is 0 Å². The number of esters is 1. The molecule has 0 bridgehead atoms. The lowest BCUT2D eigenvalue weighted by atomic mass is 10.3. The highest BCUT2D eigenvalue weighted by Crippen LogP contribution is 1.93. The van der Waals surface area contributed by atoms with Crippen molar-refractivity contribution >= 4 is 17.8 Å². The average molecular weight is 493 g/mol. The van der Waals surface area contributed by atoms with E-state index in [9.17, 15) is 14.4 Å². The van der Waals surface area contributed by atoms with Gasteiger partial charge in [0.2, 0.25) is 11.8 Å². The van der Waals surface area contributed by atoms with Crippen molar-refractivity contribution in [2.45, 2.75) is 45.4 Å². The van der Waals surface area contributed by atoms with Gasteiger partial charge in [-0.25, -0.2) is 0 Å². The Morgan fingerprint density at radius 1 is 0.559 bits per heavy atom. The maximum Gasteiger partial charge on any atom is 0.306 e. The molecule has 0 saturated heterocycles.